The molecule has 15 heavy (non-hydrogen) atoms. The summed E-state index contributed by atoms with van der Waals surface area (Å²) in [6, 6.07) is -1.10. The van der Waals surface area contributed by atoms with E-state index in [2.05, 4.69) is 5.32 Å². The van der Waals surface area contributed by atoms with Crippen molar-refractivity contribution in [1.29, 1.82) is 0 Å². The molecule has 1 saturated heterocycles. The van der Waals surface area contributed by atoms with Crippen LogP contribution in [-0.4, -0.2) is 63.6 Å². The van der Waals surface area contributed by atoms with Crippen molar-refractivity contribution >= 4 is 5.91 Å². The van der Waals surface area contributed by atoms with Gasteiger partial charge in [-0.3, -0.25) is 4.79 Å². The topological polar surface area (TPSA) is 119 Å². The third-order valence-electron chi connectivity index (χ3n) is 2.27. The molecule has 0 radical (unpaired) electrons. The average Bonchev–Trinajstić information content (AvgIpc) is 2.18. The van der Waals surface area contributed by atoms with Crippen molar-refractivity contribution in [1.82, 2.24) is 5.32 Å². The van der Waals surface area contributed by atoms with Crippen LogP contribution in [0.4, 0.5) is 0 Å². The molecule has 0 aromatic carbocycles. The molecule has 1 aliphatic rings. The molecular weight excluding hydrogens is 206 g/mol. The largest absolute Gasteiger partial charge is 0.394 e. The summed E-state index contributed by atoms with van der Waals surface area (Å²) in [4.78, 5) is 10.7. The zero-order chi connectivity index (χ0) is 11.6. The molecule has 2 unspecified atom stereocenters. The number of rotatable bonds is 2. The second kappa shape index (κ2) is 4.86. The zero-order valence-corrected chi connectivity index (χ0v) is 8.20. The van der Waals surface area contributed by atoms with Gasteiger partial charge < -0.3 is 30.5 Å². The molecule has 0 saturated carbocycles. The minimum atomic E-state index is -1.45. The van der Waals surface area contributed by atoms with Crippen molar-refractivity contribution in [3.8, 4) is 0 Å². The van der Waals surface area contributed by atoms with Crippen molar-refractivity contribution in [2.45, 2.75) is 37.6 Å². The predicted molar refractivity (Wildman–Crippen MR) is 47.6 cm³/mol. The number of nitrogens with one attached hydrogen (secondary N) is 1. The highest BCUT2D eigenvalue weighted by atomic mass is 16.6. The maximum Gasteiger partial charge on any atom is 0.217 e. The van der Waals surface area contributed by atoms with Crippen LogP contribution < -0.4 is 5.32 Å². The Bertz CT molecular complexity index is 235. The first-order valence-electron chi connectivity index (χ1n) is 4.55. The van der Waals surface area contributed by atoms with E-state index in [1.165, 1.54) is 6.92 Å². The summed E-state index contributed by atoms with van der Waals surface area (Å²) < 4.78 is 4.81. The molecule has 1 aliphatic heterocycles. The molecule has 0 bridgehead atoms. The van der Waals surface area contributed by atoms with Crippen LogP contribution in [0.25, 0.3) is 0 Å². The van der Waals surface area contributed by atoms with Gasteiger partial charge in [0.25, 0.3) is 0 Å². The molecule has 0 aromatic heterocycles. The highest BCUT2D eigenvalue weighted by Crippen LogP contribution is 2.19. The number of carbonyl (C=O) groups excluding carboxylic acids is 1. The standard InChI is InChI=1S/C8H15NO6/c1-3(11)9-5-7(13)6(12)4(2-10)15-8(5)14/h4-8,10,12-14H,2H2,1H3,(H,9,11)/t4?,5-,6?,7-,8-/m0/s1. The van der Waals surface area contributed by atoms with E-state index in [-0.39, 0.29) is 0 Å². The summed E-state index contributed by atoms with van der Waals surface area (Å²) in [7, 11) is 0. The summed E-state index contributed by atoms with van der Waals surface area (Å²) in [6.45, 7) is 0.687. The fourth-order valence-electron chi connectivity index (χ4n) is 1.49. The maximum absolute atomic E-state index is 10.7. The average molecular weight is 221 g/mol. The summed E-state index contributed by atoms with van der Waals surface area (Å²) in [6.07, 6.45) is -5.24. The number of aliphatic hydroxyl groups excluding tert-OH is 4. The smallest absolute Gasteiger partial charge is 0.217 e. The van der Waals surface area contributed by atoms with E-state index >= 15 is 0 Å². The Morgan fingerprint density at radius 1 is 1.33 bits per heavy atom. The number of ether oxygens (including phenoxy) is 1. The molecule has 7 nitrogen and oxygen atoms in total. The van der Waals surface area contributed by atoms with Gasteiger partial charge in [0.05, 0.1) is 6.61 Å². The molecule has 7 heteroatoms. The van der Waals surface area contributed by atoms with Gasteiger partial charge in [0.1, 0.15) is 24.4 Å². The lowest BCUT2D eigenvalue weighted by atomic mass is 9.97. The lowest BCUT2D eigenvalue weighted by Gasteiger charge is -2.40. The van der Waals surface area contributed by atoms with Crippen molar-refractivity contribution in [3.05, 3.63) is 0 Å². The van der Waals surface area contributed by atoms with Crippen LogP contribution >= 0.6 is 0 Å². The van der Waals surface area contributed by atoms with Gasteiger partial charge in [-0.15, -0.1) is 0 Å². The van der Waals surface area contributed by atoms with Crippen LogP contribution in [0.3, 0.4) is 0 Å². The van der Waals surface area contributed by atoms with Crippen LogP contribution in [0.2, 0.25) is 0 Å². The summed E-state index contributed by atoms with van der Waals surface area (Å²) in [5.41, 5.74) is 0. The van der Waals surface area contributed by atoms with E-state index < -0.39 is 43.2 Å². The predicted octanol–water partition coefficient (Wildman–Crippen LogP) is -3.08. The summed E-state index contributed by atoms with van der Waals surface area (Å²) in [5.74, 6) is -0.462. The fraction of sp³-hybridized carbons (Fsp3) is 0.875. The van der Waals surface area contributed by atoms with Crippen molar-refractivity contribution in [2.75, 3.05) is 6.61 Å². The molecule has 0 spiro atoms. The van der Waals surface area contributed by atoms with Gasteiger partial charge in [-0.1, -0.05) is 0 Å². The molecular formula is C8H15NO6. The van der Waals surface area contributed by atoms with Crippen molar-refractivity contribution in [2.24, 2.45) is 0 Å². The lowest BCUT2D eigenvalue weighted by Crippen LogP contribution is -2.63. The molecule has 5 N–H and O–H groups in total. The molecule has 1 rings (SSSR count). The van der Waals surface area contributed by atoms with Gasteiger partial charge in [-0.05, 0) is 0 Å². The Labute approximate surface area is 86.3 Å². The van der Waals surface area contributed by atoms with Crippen LogP contribution in [-0.2, 0) is 9.53 Å². The van der Waals surface area contributed by atoms with E-state index in [1.807, 2.05) is 0 Å². The third-order valence-corrected chi connectivity index (χ3v) is 2.27. The SMILES string of the molecule is CC(=O)N[C@H]1[C@H](O)C(O)C(CO)O[C@@H]1O. The normalized spacial score (nSPS) is 41.3. The van der Waals surface area contributed by atoms with Gasteiger partial charge in [-0.2, -0.15) is 0 Å². The third kappa shape index (κ3) is 2.64. The second-order valence-electron chi connectivity index (χ2n) is 3.46. The van der Waals surface area contributed by atoms with Gasteiger partial charge >= 0.3 is 0 Å². The van der Waals surface area contributed by atoms with Gasteiger partial charge in [-0.25, -0.2) is 0 Å². The first-order chi connectivity index (χ1) is 6.97. The first-order valence-corrected chi connectivity index (χ1v) is 4.55. The monoisotopic (exact) mass is 221 g/mol. The molecule has 88 valence electrons. The van der Waals surface area contributed by atoms with Crippen LogP contribution in [0.15, 0.2) is 0 Å². The van der Waals surface area contributed by atoms with E-state index in [9.17, 15) is 20.1 Å². The molecule has 1 amide bonds. The Morgan fingerprint density at radius 2 is 1.93 bits per heavy atom. The summed E-state index contributed by atoms with van der Waals surface area (Å²) in [5, 5.41) is 39.4. The minimum Gasteiger partial charge on any atom is -0.394 e. The Morgan fingerprint density at radius 3 is 2.40 bits per heavy atom. The Balaban J connectivity index is 2.70. The quantitative estimate of drug-likeness (QED) is 0.337. The zero-order valence-electron chi connectivity index (χ0n) is 8.20. The maximum atomic E-state index is 10.7. The molecule has 5 atom stereocenters. The number of amides is 1. The number of aliphatic hydroxyl groups is 4. The van der Waals surface area contributed by atoms with Gasteiger partial charge in [0.15, 0.2) is 6.29 Å². The summed E-state index contributed by atoms with van der Waals surface area (Å²) >= 11 is 0. The molecule has 1 heterocycles. The van der Waals surface area contributed by atoms with Crippen LogP contribution in [0.5, 0.6) is 0 Å². The van der Waals surface area contributed by atoms with Crippen molar-refractivity contribution in [3.63, 3.8) is 0 Å². The fourth-order valence-corrected chi connectivity index (χ4v) is 1.49. The molecule has 0 aliphatic carbocycles. The minimum absolute atomic E-state index is 0.462. The number of hydrogen-bond acceptors (Lipinski definition) is 6. The van der Waals surface area contributed by atoms with E-state index in [1.54, 1.807) is 0 Å². The lowest BCUT2D eigenvalue weighted by molar-refractivity contribution is -0.253. The van der Waals surface area contributed by atoms with Crippen LogP contribution in [0, 0.1) is 0 Å². The Hall–Kier alpha value is -0.730. The van der Waals surface area contributed by atoms with Gasteiger partial charge in [0.2, 0.25) is 5.91 Å². The van der Waals surface area contributed by atoms with Crippen molar-refractivity contribution < 1.29 is 30.0 Å². The van der Waals surface area contributed by atoms with E-state index in [0.717, 1.165) is 0 Å². The Kier molecular flexibility index (Phi) is 4.00. The molecule has 1 fully saturated rings. The first kappa shape index (κ1) is 12.3. The highest BCUT2D eigenvalue weighted by Gasteiger charge is 2.43. The van der Waals surface area contributed by atoms with Gasteiger partial charge in [0, 0.05) is 6.92 Å². The van der Waals surface area contributed by atoms with Crippen LogP contribution in [0.1, 0.15) is 6.92 Å². The number of hydrogen-bond donors (Lipinski definition) is 5. The second-order valence-corrected chi connectivity index (χ2v) is 3.46. The van der Waals surface area contributed by atoms with E-state index in [0.29, 0.717) is 0 Å². The highest BCUT2D eigenvalue weighted by molar-refractivity contribution is 5.73. The number of carbonyl (C=O) groups is 1. The van der Waals surface area contributed by atoms with E-state index in [4.69, 9.17) is 9.84 Å². The molecule has 0 aromatic rings.